The van der Waals surface area contributed by atoms with Crippen LogP contribution in [0.25, 0.3) is 0 Å². The van der Waals surface area contributed by atoms with Gasteiger partial charge in [-0.1, -0.05) is 25.0 Å². The number of aromatic nitrogens is 2. The van der Waals surface area contributed by atoms with Gasteiger partial charge in [0.2, 0.25) is 5.88 Å². The van der Waals surface area contributed by atoms with Crippen molar-refractivity contribution >= 4 is 5.82 Å². The van der Waals surface area contributed by atoms with Gasteiger partial charge in [-0.2, -0.15) is 4.98 Å². The fourth-order valence-corrected chi connectivity index (χ4v) is 3.96. The van der Waals surface area contributed by atoms with E-state index < -0.39 is 11.6 Å². The molecule has 0 radical (unpaired) electrons. The molecule has 0 amide bonds. The fourth-order valence-electron chi connectivity index (χ4n) is 3.96. The molecule has 7 heteroatoms. The third kappa shape index (κ3) is 2.58. The number of hydrogen-bond donors (Lipinski definition) is 0. The first-order valence-electron chi connectivity index (χ1n) is 8.42. The highest BCUT2D eigenvalue weighted by Gasteiger charge is 2.44. The van der Waals surface area contributed by atoms with Gasteiger partial charge in [-0.05, 0) is 18.9 Å². The maximum atomic E-state index is 13.7. The van der Waals surface area contributed by atoms with Gasteiger partial charge < -0.3 is 9.64 Å². The number of nitrogens with zero attached hydrogens (tertiary/aromatic N) is 3. The van der Waals surface area contributed by atoms with Crippen LogP contribution in [0.2, 0.25) is 0 Å². The summed E-state index contributed by atoms with van der Waals surface area (Å²) < 4.78 is 34.1. The van der Waals surface area contributed by atoms with Crippen molar-refractivity contribution in [1.82, 2.24) is 9.55 Å². The van der Waals surface area contributed by atoms with Gasteiger partial charge in [0, 0.05) is 18.7 Å². The third-order valence-electron chi connectivity index (χ3n) is 5.41. The van der Waals surface area contributed by atoms with Crippen molar-refractivity contribution in [3.05, 3.63) is 51.9 Å². The van der Waals surface area contributed by atoms with Crippen molar-refractivity contribution in [1.29, 1.82) is 0 Å². The Morgan fingerprint density at radius 3 is 2.80 bits per heavy atom. The molecule has 0 N–H and O–H groups in total. The van der Waals surface area contributed by atoms with Gasteiger partial charge in [-0.3, -0.25) is 4.57 Å². The van der Waals surface area contributed by atoms with Crippen LogP contribution in [-0.4, -0.2) is 22.1 Å². The van der Waals surface area contributed by atoms with Crippen LogP contribution in [0.15, 0.2) is 29.1 Å². The number of ether oxygens (including phenoxy) is 1. The molecule has 2 aliphatic rings. The fraction of sp³-hybridized carbons (Fsp3) is 0.444. The number of halogens is 2. The van der Waals surface area contributed by atoms with E-state index in [0.29, 0.717) is 6.54 Å². The van der Waals surface area contributed by atoms with E-state index in [2.05, 4.69) is 9.88 Å². The maximum Gasteiger partial charge on any atom is 0.352 e. The van der Waals surface area contributed by atoms with E-state index in [4.69, 9.17) is 4.74 Å². The van der Waals surface area contributed by atoms with Gasteiger partial charge in [0.15, 0.2) is 11.6 Å². The van der Waals surface area contributed by atoms with Crippen LogP contribution >= 0.6 is 0 Å². The molecule has 1 aliphatic carbocycles. The second-order valence-corrected chi connectivity index (χ2v) is 6.81. The normalized spacial score (nSPS) is 18.0. The first-order valence-corrected chi connectivity index (χ1v) is 8.42. The Morgan fingerprint density at radius 2 is 2.04 bits per heavy atom. The largest absolute Gasteiger partial charge is 0.472 e. The predicted octanol–water partition coefficient (Wildman–Crippen LogP) is 2.86. The molecular formula is C18H19F2N3O2. The Morgan fingerprint density at radius 1 is 1.28 bits per heavy atom. The highest BCUT2D eigenvalue weighted by molar-refractivity contribution is 5.49. The van der Waals surface area contributed by atoms with Crippen molar-refractivity contribution in [2.24, 2.45) is 0 Å². The van der Waals surface area contributed by atoms with Gasteiger partial charge >= 0.3 is 5.69 Å². The second-order valence-electron chi connectivity index (χ2n) is 6.81. The Bertz CT molecular complexity index is 875. The molecule has 0 unspecified atom stereocenters. The van der Waals surface area contributed by atoms with Gasteiger partial charge in [0.05, 0.1) is 12.1 Å². The summed E-state index contributed by atoms with van der Waals surface area (Å²) in [7, 11) is 1.99. The molecule has 1 saturated carbocycles. The number of likely N-dealkylation sites (N-methyl/N-ethyl adjacent to an activating group) is 1. The monoisotopic (exact) mass is 347 g/mol. The zero-order valence-electron chi connectivity index (χ0n) is 14.0. The van der Waals surface area contributed by atoms with Crippen molar-refractivity contribution in [2.75, 3.05) is 11.9 Å². The van der Waals surface area contributed by atoms with Gasteiger partial charge in [-0.25, -0.2) is 13.6 Å². The quantitative estimate of drug-likeness (QED) is 0.857. The van der Waals surface area contributed by atoms with Crippen LogP contribution in [0.4, 0.5) is 14.6 Å². The molecule has 1 aliphatic heterocycles. The molecule has 4 rings (SSSR count). The molecule has 2 heterocycles. The van der Waals surface area contributed by atoms with E-state index in [-0.39, 0.29) is 29.3 Å². The topological polar surface area (TPSA) is 47.4 Å². The Labute approximate surface area is 143 Å². The van der Waals surface area contributed by atoms with E-state index in [0.717, 1.165) is 37.6 Å². The lowest BCUT2D eigenvalue weighted by Crippen LogP contribution is -2.41. The average molecular weight is 347 g/mol. The van der Waals surface area contributed by atoms with Crippen molar-refractivity contribution < 1.29 is 13.5 Å². The molecule has 1 spiro atoms. The van der Waals surface area contributed by atoms with Crippen LogP contribution in [-0.2, 0) is 13.2 Å². The minimum Gasteiger partial charge on any atom is -0.472 e. The number of benzene rings is 1. The van der Waals surface area contributed by atoms with E-state index in [1.807, 2.05) is 7.05 Å². The Kier molecular flexibility index (Phi) is 3.74. The standard InChI is InChI=1S/C18H19F2N3O2/c1-22-15-9-14(25-10-12-5-4-6-13(19)16(12)20)21-17(24)23(15)11-18(22)7-2-3-8-18/h4-6,9H,2-3,7-8,10-11H2,1H3. The van der Waals surface area contributed by atoms with Gasteiger partial charge in [0.25, 0.3) is 0 Å². The molecule has 5 nitrogen and oxygen atoms in total. The van der Waals surface area contributed by atoms with Crippen LogP contribution in [0.5, 0.6) is 5.88 Å². The predicted molar refractivity (Wildman–Crippen MR) is 88.8 cm³/mol. The molecule has 1 aromatic heterocycles. The number of anilines is 1. The Balaban J connectivity index is 1.59. The molecule has 0 atom stereocenters. The molecular weight excluding hydrogens is 328 g/mol. The minimum absolute atomic E-state index is 0.0128. The van der Waals surface area contributed by atoms with E-state index in [9.17, 15) is 13.6 Å². The highest BCUT2D eigenvalue weighted by Crippen LogP contribution is 2.43. The number of fused-ring (bicyclic) bond motifs is 1. The summed E-state index contributed by atoms with van der Waals surface area (Å²) in [6.45, 7) is 0.456. The number of rotatable bonds is 3. The van der Waals surface area contributed by atoms with Crippen molar-refractivity contribution in [3.8, 4) is 5.88 Å². The van der Waals surface area contributed by atoms with Crippen LogP contribution in [0, 0.1) is 11.6 Å². The summed E-state index contributed by atoms with van der Waals surface area (Å²) in [4.78, 5) is 18.4. The summed E-state index contributed by atoms with van der Waals surface area (Å²) >= 11 is 0. The lowest BCUT2D eigenvalue weighted by Gasteiger charge is -2.32. The molecule has 0 saturated heterocycles. The zero-order chi connectivity index (χ0) is 17.6. The second kappa shape index (κ2) is 5.82. The molecule has 132 valence electrons. The lowest BCUT2D eigenvalue weighted by atomic mass is 9.97. The molecule has 25 heavy (non-hydrogen) atoms. The zero-order valence-corrected chi connectivity index (χ0v) is 14.0. The third-order valence-corrected chi connectivity index (χ3v) is 5.41. The van der Waals surface area contributed by atoms with Crippen molar-refractivity contribution in [3.63, 3.8) is 0 Å². The van der Waals surface area contributed by atoms with Crippen LogP contribution in [0.3, 0.4) is 0 Å². The molecule has 1 aromatic carbocycles. The van der Waals surface area contributed by atoms with E-state index in [1.54, 1.807) is 10.6 Å². The SMILES string of the molecule is CN1c2cc(OCc3cccc(F)c3F)nc(=O)n2CC12CCCC2. The summed E-state index contributed by atoms with van der Waals surface area (Å²) in [6, 6.07) is 5.61. The first kappa shape index (κ1) is 16.1. The summed E-state index contributed by atoms with van der Waals surface area (Å²) in [5, 5.41) is 0. The highest BCUT2D eigenvalue weighted by atomic mass is 19.2. The maximum absolute atomic E-state index is 13.7. The average Bonchev–Trinajstić information content (AvgIpc) is 3.17. The lowest BCUT2D eigenvalue weighted by molar-refractivity contribution is 0.283. The summed E-state index contributed by atoms with van der Waals surface area (Å²) in [5.74, 6) is -0.980. The molecule has 0 bridgehead atoms. The van der Waals surface area contributed by atoms with E-state index in [1.165, 1.54) is 12.1 Å². The molecule has 1 fully saturated rings. The van der Waals surface area contributed by atoms with Crippen molar-refractivity contribution in [2.45, 2.75) is 44.4 Å². The van der Waals surface area contributed by atoms with Gasteiger partial charge in [-0.15, -0.1) is 0 Å². The molecule has 2 aromatic rings. The van der Waals surface area contributed by atoms with E-state index >= 15 is 0 Å². The minimum atomic E-state index is -0.942. The summed E-state index contributed by atoms with van der Waals surface area (Å²) in [6.07, 6.45) is 4.41. The first-order chi connectivity index (χ1) is 12.0. The number of hydrogen-bond acceptors (Lipinski definition) is 4. The smallest absolute Gasteiger partial charge is 0.352 e. The van der Waals surface area contributed by atoms with Gasteiger partial charge in [0.1, 0.15) is 12.4 Å². The summed E-state index contributed by atoms with van der Waals surface area (Å²) in [5.41, 5.74) is -0.299. The van der Waals surface area contributed by atoms with Crippen LogP contribution < -0.4 is 15.3 Å². The van der Waals surface area contributed by atoms with Crippen LogP contribution in [0.1, 0.15) is 31.2 Å². The Hall–Kier alpha value is -2.44.